The van der Waals surface area contributed by atoms with Crippen LogP contribution in [-0.2, 0) is 9.59 Å². The molecule has 132 valence electrons. The van der Waals surface area contributed by atoms with E-state index in [1.54, 1.807) is 61.7 Å². The predicted molar refractivity (Wildman–Crippen MR) is 101 cm³/mol. The number of carbonyl (C=O) groups excluding carboxylic acids is 3. The van der Waals surface area contributed by atoms with Crippen molar-refractivity contribution in [3.05, 3.63) is 65.1 Å². The summed E-state index contributed by atoms with van der Waals surface area (Å²) in [5.41, 5.74) is 1.38. The standard InChI is InChI=1S/C19H16N2O4S/c1-25-15-9-7-13(8-10-15)11-16-18(23)21(19(24)26-16)12-17(22)20-14-5-3-2-4-6-14/h2-11H,12H2,1H3,(H,20,22)/b16-11+. The van der Waals surface area contributed by atoms with E-state index in [1.807, 2.05) is 6.07 Å². The maximum atomic E-state index is 12.4. The molecule has 0 radical (unpaired) electrons. The third-order valence-electron chi connectivity index (χ3n) is 3.65. The van der Waals surface area contributed by atoms with Gasteiger partial charge < -0.3 is 10.1 Å². The van der Waals surface area contributed by atoms with Gasteiger partial charge in [-0.25, -0.2) is 0 Å². The van der Waals surface area contributed by atoms with Gasteiger partial charge in [0, 0.05) is 5.69 Å². The summed E-state index contributed by atoms with van der Waals surface area (Å²) in [7, 11) is 1.57. The van der Waals surface area contributed by atoms with Crippen molar-refractivity contribution in [3.8, 4) is 5.75 Å². The van der Waals surface area contributed by atoms with E-state index in [0.29, 0.717) is 11.4 Å². The SMILES string of the molecule is COc1ccc(/C=C2/SC(=O)N(CC(=O)Nc3ccccc3)C2=O)cc1. The summed E-state index contributed by atoms with van der Waals surface area (Å²) >= 11 is 0.822. The van der Waals surface area contributed by atoms with E-state index in [-0.39, 0.29) is 11.4 Å². The molecule has 0 aromatic heterocycles. The molecule has 0 saturated carbocycles. The second-order valence-electron chi connectivity index (χ2n) is 5.46. The third-order valence-corrected chi connectivity index (χ3v) is 4.55. The van der Waals surface area contributed by atoms with E-state index in [9.17, 15) is 14.4 Å². The number of ether oxygens (including phenoxy) is 1. The highest BCUT2D eigenvalue weighted by atomic mass is 32.2. The van der Waals surface area contributed by atoms with Crippen LogP contribution in [0.5, 0.6) is 5.75 Å². The fraction of sp³-hybridized carbons (Fsp3) is 0.105. The number of thioether (sulfide) groups is 1. The number of nitrogens with one attached hydrogen (secondary N) is 1. The van der Waals surface area contributed by atoms with Gasteiger partial charge in [-0.05, 0) is 47.7 Å². The first-order valence-electron chi connectivity index (χ1n) is 7.81. The zero-order valence-electron chi connectivity index (χ0n) is 14.0. The van der Waals surface area contributed by atoms with Gasteiger partial charge in [-0.2, -0.15) is 0 Å². The molecule has 0 aliphatic carbocycles. The number of benzene rings is 2. The van der Waals surface area contributed by atoms with E-state index < -0.39 is 17.1 Å². The minimum atomic E-state index is -0.473. The molecule has 1 heterocycles. The molecule has 1 aliphatic heterocycles. The van der Waals surface area contributed by atoms with Crippen LogP contribution in [-0.4, -0.2) is 35.6 Å². The summed E-state index contributed by atoms with van der Waals surface area (Å²) in [4.78, 5) is 37.9. The van der Waals surface area contributed by atoms with Crippen molar-refractivity contribution in [2.75, 3.05) is 19.0 Å². The lowest BCUT2D eigenvalue weighted by Crippen LogP contribution is -2.36. The first kappa shape index (κ1) is 17.8. The summed E-state index contributed by atoms with van der Waals surface area (Å²) in [5, 5.41) is 2.20. The first-order chi connectivity index (χ1) is 12.6. The van der Waals surface area contributed by atoms with Crippen LogP contribution in [0, 0.1) is 0 Å². The minimum Gasteiger partial charge on any atom is -0.497 e. The number of imide groups is 1. The third kappa shape index (κ3) is 4.12. The Morgan fingerprint density at radius 2 is 1.81 bits per heavy atom. The molecule has 7 heteroatoms. The van der Waals surface area contributed by atoms with E-state index in [2.05, 4.69) is 5.32 Å². The summed E-state index contributed by atoms with van der Waals surface area (Å²) < 4.78 is 5.09. The molecular weight excluding hydrogens is 352 g/mol. The Kier molecular flexibility index (Phi) is 5.38. The van der Waals surface area contributed by atoms with Crippen LogP contribution in [0.2, 0.25) is 0 Å². The van der Waals surface area contributed by atoms with E-state index >= 15 is 0 Å². The lowest BCUT2D eigenvalue weighted by Gasteiger charge is -2.12. The van der Waals surface area contributed by atoms with Crippen molar-refractivity contribution in [2.24, 2.45) is 0 Å². The minimum absolute atomic E-state index is 0.285. The van der Waals surface area contributed by atoms with Crippen LogP contribution < -0.4 is 10.1 Å². The largest absolute Gasteiger partial charge is 0.497 e. The zero-order chi connectivity index (χ0) is 18.5. The van der Waals surface area contributed by atoms with Crippen molar-refractivity contribution in [1.82, 2.24) is 4.90 Å². The Morgan fingerprint density at radius 3 is 2.46 bits per heavy atom. The molecule has 26 heavy (non-hydrogen) atoms. The number of hydrogen-bond donors (Lipinski definition) is 1. The number of carbonyl (C=O) groups is 3. The Labute approximate surface area is 154 Å². The van der Waals surface area contributed by atoms with Crippen molar-refractivity contribution < 1.29 is 19.1 Å². The normalized spacial score (nSPS) is 15.4. The van der Waals surface area contributed by atoms with Gasteiger partial charge in [0.15, 0.2) is 0 Å². The topological polar surface area (TPSA) is 75.7 Å². The van der Waals surface area contributed by atoms with Gasteiger partial charge in [-0.1, -0.05) is 30.3 Å². The van der Waals surface area contributed by atoms with Crippen molar-refractivity contribution in [3.63, 3.8) is 0 Å². The van der Waals surface area contributed by atoms with Crippen LogP contribution in [0.1, 0.15) is 5.56 Å². The van der Waals surface area contributed by atoms with Crippen LogP contribution in [0.4, 0.5) is 10.5 Å². The lowest BCUT2D eigenvalue weighted by molar-refractivity contribution is -0.127. The molecule has 6 nitrogen and oxygen atoms in total. The maximum absolute atomic E-state index is 12.4. The summed E-state index contributed by atoms with van der Waals surface area (Å²) in [6.45, 7) is -0.320. The molecule has 2 aromatic rings. The number of nitrogens with zero attached hydrogens (tertiary/aromatic N) is 1. The van der Waals surface area contributed by atoms with Gasteiger partial charge >= 0.3 is 0 Å². The van der Waals surface area contributed by atoms with Gasteiger partial charge in [0.1, 0.15) is 12.3 Å². The molecular formula is C19H16N2O4S. The van der Waals surface area contributed by atoms with Crippen LogP contribution in [0.25, 0.3) is 6.08 Å². The fourth-order valence-corrected chi connectivity index (χ4v) is 3.19. The van der Waals surface area contributed by atoms with Crippen LogP contribution >= 0.6 is 11.8 Å². The van der Waals surface area contributed by atoms with Crippen LogP contribution in [0.15, 0.2) is 59.5 Å². The number of methoxy groups -OCH3 is 1. The molecule has 0 spiro atoms. The Balaban J connectivity index is 1.68. The van der Waals surface area contributed by atoms with E-state index in [1.165, 1.54) is 0 Å². The Hall–Kier alpha value is -3.06. The first-order valence-corrected chi connectivity index (χ1v) is 8.63. The van der Waals surface area contributed by atoms with Crippen molar-refractivity contribution in [2.45, 2.75) is 0 Å². The number of rotatable bonds is 5. The number of hydrogen-bond acceptors (Lipinski definition) is 5. The second-order valence-corrected chi connectivity index (χ2v) is 6.45. The maximum Gasteiger partial charge on any atom is 0.294 e. The van der Waals surface area contributed by atoms with Crippen molar-refractivity contribution >= 4 is 40.6 Å². The number of amides is 3. The second kappa shape index (κ2) is 7.88. The highest BCUT2D eigenvalue weighted by Crippen LogP contribution is 2.32. The summed E-state index contributed by atoms with van der Waals surface area (Å²) in [6.07, 6.45) is 1.62. The smallest absolute Gasteiger partial charge is 0.294 e. The molecule has 1 N–H and O–H groups in total. The molecule has 0 unspecified atom stereocenters. The highest BCUT2D eigenvalue weighted by Gasteiger charge is 2.36. The van der Waals surface area contributed by atoms with Gasteiger partial charge in [0.25, 0.3) is 11.1 Å². The van der Waals surface area contributed by atoms with E-state index in [4.69, 9.17) is 4.74 Å². The monoisotopic (exact) mass is 368 g/mol. The highest BCUT2D eigenvalue weighted by molar-refractivity contribution is 8.18. The lowest BCUT2D eigenvalue weighted by atomic mass is 10.2. The number of anilines is 1. The van der Waals surface area contributed by atoms with Gasteiger partial charge in [0.2, 0.25) is 5.91 Å². The molecule has 1 saturated heterocycles. The molecule has 1 fully saturated rings. The average Bonchev–Trinajstić information content (AvgIpc) is 2.90. The molecule has 0 bridgehead atoms. The quantitative estimate of drug-likeness (QED) is 0.819. The zero-order valence-corrected chi connectivity index (χ0v) is 14.8. The summed E-state index contributed by atoms with van der Waals surface area (Å²) in [6, 6.07) is 16.0. The van der Waals surface area contributed by atoms with Crippen LogP contribution in [0.3, 0.4) is 0 Å². The summed E-state index contributed by atoms with van der Waals surface area (Å²) in [5.74, 6) is -0.198. The Morgan fingerprint density at radius 1 is 1.12 bits per heavy atom. The average molecular weight is 368 g/mol. The van der Waals surface area contributed by atoms with E-state index in [0.717, 1.165) is 22.2 Å². The predicted octanol–water partition coefficient (Wildman–Crippen LogP) is 3.37. The molecule has 3 amide bonds. The fourth-order valence-electron chi connectivity index (χ4n) is 2.35. The van der Waals surface area contributed by atoms with Gasteiger partial charge in [-0.15, -0.1) is 0 Å². The Bertz CT molecular complexity index is 863. The van der Waals surface area contributed by atoms with Gasteiger partial charge in [0.05, 0.1) is 12.0 Å². The van der Waals surface area contributed by atoms with Gasteiger partial charge in [-0.3, -0.25) is 19.3 Å². The molecule has 2 aromatic carbocycles. The molecule has 3 rings (SSSR count). The molecule has 1 aliphatic rings. The van der Waals surface area contributed by atoms with Crippen molar-refractivity contribution in [1.29, 1.82) is 0 Å². The molecule has 0 atom stereocenters. The number of para-hydroxylation sites is 1.